The average molecular weight is 297 g/mol. The summed E-state index contributed by atoms with van der Waals surface area (Å²) in [5.74, 6) is 0.0215. The lowest BCUT2D eigenvalue weighted by Crippen LogP contribution is -2.37. The summed E-state index contributed by atoms with van der Waals surface area (Å²) in [7, 11) is 0. The van der Waals surface area contributed by atoms with Gasteiger partial charge in [0.15, 0.2) is 0 Å². The van der Waals surface area contributed by atoms with E-state index < -0.39 is 5.97 Å². The van der Waals surface area contributed by atoms with Gasteiger partial charge < -0.3 is 14.7 Å². The molecule has 114 valence electrons. The van der Waals surface area contributed by atoms with Crippen LogP contribution < -0.4 is 9.64 Å². The molecule has 0 spiro atoms. The Labute approximate surface area is 130 Å². The third-order valence-corrected chi connectivity index (χ3v) is 3.84. The Kier molecular flexibility index (Phi) is 3.75. The molecule has 1 N–H and O–H groups in total. The molecule has 0 amide bonds. The monoisotopic (exact) mass is 297 g/mol. The first kappa shape index (κ1) is 14.4. The number of aryl methyl sites for hydroxylation is 1. The molecule has 1 heterocycles. The van der Waals surface area contributed by atoms with Crippen LogP contribution in [0.25, 0.3) is 0 Å². The molecule has 0 aromatic heterocycles. The number of rotatable bonds is 3. The van der Waals surface area contributed by atoms with E-state index in [4.69, 9.17) is 9.84 Å². The van der Waals surface area contributed by atoms with Gasteiger partial charge in [-0.3, -0.25) is 0 Å². The van der Waals surface area contributed by atoms with Crippen molar-refractivity contribution in [1.29, 1.82) is 0 Å². The van der Waals surface area contributed by atoms with Crippen LogP contribution in [0, 0.1) is 6.92 Å². The van der Waals surface area contributed by atoms with Crippen LogP contribution in [-0.4, -0.2) is 23.7 Å². The second-order valence-corrected chi connectivity index (χ2v) is 5.78. The normalized spacial score (nSPS) is 16.8. The lowest BCUT2D eigenvalue weighted by Gasteiger charge is -2.35. The minimum atomic E-state index is -0.896. The van der Waals surface area contributed by atoms with Crippen molar-refractivity contribution >= 4 is 11.7 Å². The standard InChI is InChI=1S/C18H19NO3/c1-12-3-8-16-17(9-12)22-13(2)10-19(16)11-14-4-6-15(7-5-14)18(20)21/h3-9,13H,10-11H2,1-2H3,(H,20,21). The Bertz CT molecular complexity index is 694. The van der Waals surface area contributed by atoms with Crippen LogP contribution in [0.2, 0.25) is 0 Å². The van der Waals surface area contributed by atoms with Gasteiger partial charge in [-0.05, 0) is 49.2 Å². The smallest absolute Gasteiger partial charge is 0.335 e. The van der Waals surface area contributed by atoms with Gasteiger partial charge in [0.25, 0.3) is 0 Å². The van der Waals surface area contributed by atoms with Gasteiger partial charge in [0.05, 0.1) is 17.8 Å². The molecule has 4 heteroatoms. The van der Waals surface area contributed by atoms with Gasteiger partial charge in [-0.1, -0.05) is 18.2 Å². The Morgan fingerprint density at radius 2 is 2.00 bits per heavy atom. The van der Waals surface area contributed by atoms with E-state index in [0.29, 0.717) is 5.56 Å². The maximum atomic E-state index is 10.9. The van der Waals surface area contributed by atoms with Crippen LogP contribution in [0.4, 0.5) is 5.69 Å². The summed E-state index contributed by atoms with van der Waals surface area (Å²) in [5, 5.41) is 8.96. The molecule has 2 aromatic rings. The van der Waals surface area contributed by atoms with Gasteiger partial charge in [-0.15, -0.1) is 0 Å². The molecular weight excluding hydrogens is 278 g/mol. The second-order valence-electron chi connectivity index (χ2n) is 5.78. The number of carbonyl (C=O) groups is 1. The van der Waals surface area contributed by atoms with Crippen molar-refractivity contribution in [2.45, 2.75) is 26.5 Å². The van der Waals surface area contributed by atoms with E-state index in [1.807, 2.05) is 12.1 Å². The van der Waals surface area contributed by atoms with E-state index in [9.17, 15) is 4.79 Å². The van der Waals surface area contributed by atoms with Crippen LogP contribution in [-0.2, 0) is 6.54 Å². The third-order valence-electron chi connectivity index (χ3n) is 3.84. The number of hydrogen-bond acceptors (Lipinski definition) is 3. The molecule has 1 aliphatic heterocycles. The molecule has 1 unspecified atom stereocenters. The maximum absolute atomic E-state index is 10.9. The summed E-state index contributed by atoms with van der Waals surface area (Å²) in [6.45, 7) is 5.67. The third kappa shape index (κ3) is 2.91. The lowest BCUT2D eigenvalue weighted by molar-refractivity contribution is 0.0697. The number of ether oxygens (including phenoxy) is 1. The highest BCUT2D eigenvalue weighted by Gasteiger charge is 2.23. The molecule has 1 atom stereocenters. The molecule has 0 saturated heterocycles. The van der Waals surface area contributed by atoms with Crippen molar-refractivity contribution < 1.29 is 14.6 Å². The molecule has 0 bridgehead atoms. The number of fused-ring (bicyclic) bond motifs is 1. The molecule has 22 heavy (non-hydrogen) atoms. The minimum Gasteiger partial charge on any atom is -0.487 e. The van der Waals surface area contributed by atoms with E-state index in [0.717, 1.165) is 30.1 Å². The molecule has 0 saturated carbocycles. The van der Waals surface area contributed by atoms with Crippen LogP contribution >= 0.6 is 0 Å². The first-order valence-corrected chi connectivity index (χ1v) is 7.37. The van der Waals surface area contributed by atoms with Gasteiger partial charge >= 0.3 is 5.97 Å². The molecule has 2 aromatic carbocycles. The summed E-state index contributed by atoms with van der Waals surface area (Å²) >= 11 is 0. The lowest BCUT2D eigenvalue weighted by atomic mass is 10.1. The predicted molar refractivity (Wildman–Crippen MR) is 85.7 cm³/mol. The number of hydrogen-bond donors (Lipinski definition) is 1. The molecule has 0 fully saturated rings. The first-order valence-electron chi connectivity index (χ1n) is 7.37. The zero-order chi connectivity index (χ0) is 15.7. The zero-order valence-electron chi connectivity index (χ0n) is 12.7. The van der Waals surface area contributed by atoms with Crippen LogP contribution in [0.3, 0.4) is 0 Å². The topological polar surface area (TPSA) is 49.8 Å². The fourth-order valence-corrected chi connectivity index (χ4v) is 2.76. The van der Waals surface area contributed by atoms with E-state index in [2.05, 4.69) is 36.9 Å². The van der Waals surface area contributed by atoms with Crippen LogP contribution in [0.1, 0.15) is 28.4 Å². The molecule has 3 rings (SSSR count). The highest BCUT2D eigenvalue weighted by Crippen LogP contribution is 2.35. The van der Waals surface area contributed by atoms with E-state index >= 15 is 0 Å². The number of carboxylic acids is 1. The van der Waals surface area contributed by atoms with Crippen molar-refractivity contribution in [3.63, 3.8) is 0 Å². The van der Waals surface area contributed by atoms with Crippen LogP contribution in [0.5, 0.6) is 5.75 Å². The second kappa shape index (κ2) is 5.72. The highest BCUT2D eigenvalue weighted by molar-refractivity contribution is 5.87. The molecule has 4 nitrogen and oxygen atoms in total. The summed E-state index contributed by atoms with van der Waals surface area (Å²) in [4.78, 5) is 13.2. The van der Waals surface area contributed by atoms with Crippen molar-refractivity contribution in [2.24, 2.45) is 0 Å². The molecular formula is C18H19NO3. The average Bonchev–Trinajstić information content (AvgIpc) is 2.47. The summed E-state index contributed by atoms with van der Waals surface area (Å²) in [5.41, 5.74) is 3.67. The fraction of sp³-hybridized carbons (Fsp3) is 0.278. The fourth-order valence-electron chi connectivity index (χ4n) is 2.76. The number of carboxylic acid groups (broad SMARTS) is 1. The van der Waals surface area contributed by atoms with Gasteiger partial charge in [0.2, 0.25) is 0 Å². The predicted octanol–water partition coefficient (Wildman–Crippen LogP) is 3.48. The Balaban J connectivity index is 1.85. The van der Waals surface area contributed by atoms with E-state index in [1.54, 1.807) is 12.1 Å². The summed E-state index contributed by atoms with van der Waals surface area (Å²) in [6, 6.07) is 13.3. The molecule has 0 aliphatic carbocycles. The van der Waals surface area contributed by atoms with Gasteiger partial charge in [-0.25, -0.2) is 4.79 Å². The first-order chi connectivity index (χ1) is 10.5. The van der Waals surface area contributed by atoms with Crippen molar-refractivity contribution in [2.75, 3.05) is 11.4 Å². The van der Waals surface area contributed by atoms with Gasteiger partial charge in [0, 0.05) is 6.54 Å². The van der Waals surface area contributed by atoms with Crippen molar-refractivity contribution in [3.05, 3.63) is 59.2 Å². The Morgan fingerprint density at radius 3 is 2.68 bits per heavy atom. The zero-order valence-corrected chi connectivity index (χ0v) is 12.7. The molecule has 1 aliphatic rings. The Hall–Kier alpha value is -2.49. The number of nitrogens with zero attached hydrogens (tertiary/aromatic N) is 1. The van der Waals surface area contributed by atoms with Gasteiger partial charge in [-0.2, -0.15) is 0 Å². The Morgan fingerprint density at radius 1 is 1.27 bits per heavy atom. The largest absolute Gasteiger partial charge is 0.487 e. The maximum Gasteiger partial charge on any atom is 0.335 e. The van der Waals surface area contributed by atoms with Gasteiger partial charge in [0.1, 0.15) is 11.9 Å². The number of aromatic carboxylic acids is 1. The van der Waals surface area contributed by atoms with Crippen molar-refractivity contribution in [3.8, 4) is 5.75 Å². The number of anilines is 1. The minimum absolute atomic E-state index is 0.132. The molecule has 0 radical (unpaired) electrons. The van der Waals surface area contributed by atoms with Crippen molar-refractivity contribution in [1.82, 2.24) is 0 Å². The summed E-state index contributed by atoms with van der Waals surface area (Å²) < 4.78 is 5.91. The number of benzene rings is 2. The summed E-state index contributed by atoms with van der Waals surface area (Å²) in [6.07, 6.45) is 0.132. The van der Waals surface area contributed by atoms with E-state index in [-0.39, 0.29) is 6.10 Å². The quantitative estimate of drug-likeness (QED) is 0.942. The highest BCUT2D eigenvalue weighted by atomic mass is 16.5. The van der Waals surface area contributed by atoms with Crippen LogP contribution in [0.15, 0.2) is 42.5 Å². The SMILES string of the molecule is Cc1ccc2c(c1)OC(C)CN2Cc1ccc(C(=O)O)cc1. The van der Waals surface area contributed by atoms with E-state index in [1.165, 1.54) is 5.56 Å².